The molecule has 0 radical (unpaired) electrons. The molecule has 1 aromatic heterocycles. The van der Waals surface area contributed by atoms with Crippen LogP contribution >= 0.6 is 0 Å². The molecule has 0 bridgehead atoms. The summed E-state index contributed by atoms with van der Waals surface area (Å²) in [5, 5.41) is 11.0. The van der Waals surface area contributed by atoms with Crippen LogP contribution in [0.3, 0.4) is 0 Å². The molecule has 0 saturated carbocycles. The van der Waals surface area contributed by atoms with Crippen molar-refractivity contribution in [3.8, 4) is 11.6 Å². The van der Waals surface area contributed by atoms with Gasteiger partial charge in [0.25, 0.3) is 0 Å². The van der Waals surface area contributed by atoms with Crippen LogP contribution in [0.1, 0.15) is 10.4 Å². The summed E-state index contributed by atoms with van der Waals surface area (Å²) in [6, 6.07) is 6.63. The molecule has 8 heteroatoms. The molecule has 2 aromatic rings. The summed E-state index contributed by atoms with van der Waals surface area (Å²) in [7, 11) is 0. The van der Waals surface area contributed by atoms with Crippen LogP contribution in [0.25, 0.3) is 0 Å². The summed E-state index contributed by atoms with van der Waals surface area (Å²) in [5.74, 6) is -0.709. The number of ether oxygens (including phenoxy) is 1. The molecule has 0 spiro atoms. The van der Waals surface area contributed by atoms with Gasteiger partial charge in [-0.1, -0.05) is 0 Å². The zero-order valence-corrected chi connectivity index (χ0v) is 10.1. The fourth-order valence-electron chi connectivity index (χ4n) is 1.49. The second-order valence-electron chi connectivity index (χ2n) is 3.83. The summed E-state index contributed by atoms with van der Waals surface area (Å²) in [6.07, 6.45) is 1.41. The van der Waals surface area contributed by atoms with E-state index in [1.807, 2.05) is 0 Å². The number of carbonyl (C=O) groups is 1. The van der Waals surface area contributed by atoms with Gasteiger partial charge in [0.2, 0.25) is 17.5 Å². The Balaban J connectivity index is 2.41. The molecule has 0 saturated heterocycles. The van der Waals surface area contributed by atoms with E-state index in [0.29, 0.717) is 5.69 Å². The highest BCUT2D eigenvalue weighted by Gasteiger charge is 2.18. The third-order valence-corrected chi connectivity index (χ3v) is 2.41. The number of nitrogens with two attached hydrogens (primary N) is 2. The molecule has 0 atom stereocenters. The number of nitrogens with zero attached hydrogens (tertiary/aromatic N) is 2. The predicted molar refractivity (Wildman–Crippen MR) is 70.3 cm³/mol. The Morgan fingerprint density at radius 1 is 1.30 bits per heavy atom. The van der Waals surface area contributed by atoms with E-state index in [-0.39, 0.29) is 22.9 Å². The van der Waals surface area contributed by atoms with Crippen molar-refractivity contribution in [2.24, 2.45) is 5.73 Å². The molecular formula is C12H10N4O4. The molecule has 1 amide bonds. The Morgan fingerprint density at radius 2 is 2.05 bits per heavy atom. The first-order valence-corrected chi connectivity index (χ1v) is 5.45. The first-order chi connectivity index (χ1) is 9.47. The van der Waals surface area contributed by atoms with Gasteiger partial charge in [0.1, 0.15) is 0 Å². The highest BCUT2D eigenvalue weighted by Crippen LogP contribution is 2.31. The number of aromatic nitrogens is 1. The predicted octanol–water partition coefficient (Wildman–Crippen LogP) is 1.46. The molecule has 1 heterocycles. The van der Waals surface area contributed by atoms with Crippen LogP contribution in [-0.2, 0) is 0 Å². The second-order valence-corrected chi connectivity index (χ2v) is 3.83. The fourth-order valence-corrected chi connectivity index (χ4v) is 1.49. The van der Waals surface area contributed by atoms with Crippen molar-refractivity contribution in [1.82, 2.24) is 4.98 Å². The maximum Gasteiger partial charge on any atom is 0.312 e. The molecule has 20 heavy (non-hydrogen) atoms. The number of pyridine rings is 1. The van der Waals surface area contributed by atoms with E-state index in [0.717, 1.165) is 6.07 Å². The molecule has 2 rings (SSSR count). The lowest BCUT2D eigenvalue weighted by atomic mass is 10.2. The monoisotopic (exact) mass is 274 g/mol. The van der Waals surface area contributed by atoms with Crippen molar-refractivity contribution in [3.05, 3.63) is 52.2 Å². The zero-order valence-electron chi connectivity index (χ0n) is 10.1. The van der Waals surface area contributed by atoms with Crippen LogP contribution in [-0.4, -0.2) is 15.8 Å². The number of hydrogen-bond acceptors (Lipinski definition) is 6. The first-order valence-electron chi connectivity index (χ1n) is 5.45. The zero-order chi connectivity index (χ0) is 14.7. The Morgan fingerprint density at radius 3 is 2.65 bits per heavy atom. The van der Waals surface area contributed by atoms with E-state index in [1.165, 1.54) is 24.4 Å². The normalized spacial score (nSPS) is 10.0. The van der Waals surface area contributed by atoms with Gasteiger partial charge in [-0.15, -0.1) is 0 Å². The minimum Gasteiger partial charge on any atom is -0.432 e. The van der Waals surface area contributed by atoms with Crippen molar-refractivity contribution < 1.29 is 14.5 Å². The molecule has 1 aromatic carbocycles. The average Bonchev–Trinajstić information content (AvgIpc) is 2.38. The maximum atomic E-state index is 11.0. The van der Waals surface area contributed by atoms with Gasteiger partial charge in [-0.2, -0.15) is 0 Å². The van der Waals surface area contributed by atoms with E-state index >= 15 is 0 Å². The molecular weight excluding hydrogens is 264 g/mol. The number of nitrogen functional groups attached to an aromatic ring is 1. The Labute approximate surface area is 113 Å². The van der Waals surface area contributed by atoms with Gasteiger partial charge in [-0.3, -0.25) is 14.9 Å². The molecule has 0 aliphatic carbocycles. The van der Waals surface area contributed by atoms with E-state index in [9.17, 15) is 14.9 Å². The minimum atomic E-state index is -0.762. The Kier molecular flexibility index (Phi) is 3.47. The minimum absolute atomic E-state index is 0.0181. The third-order valence-electron chi connectivity index (χ3n) is 2.41. The van der Waals surface area contributed by atoms with Gasteiger partial charge in [-0.25, -0.2) is 4.98 Å². The second kappa shape index (κ2) is 5.22. The molecule has 4 N–H and O–H groups in total. The lowest BCUT2D eigenvalue weighted by Gasteiger charge is -2.06. The average molecular weight is 274 g/mol. The Hall–Kier alpha value is -3.16. The van der Waals surface area contributed by atoms with Gasteiger partial charge in [0.15, 0.2) is 0 Å². The fraction of sp³-hybridized carbons (Fsp3) is 0. The number of rotatable bonds is 4. The van der Waals surface area contributed by atoms with Gasteiger partial charge in [0.05, 0.1) is 4.92 Å². The number of nitro benzene ring substituents is 1. The van der Waals surface area contributed by atoms with Crippen LogP contribution in [0.5, 0.6) is 11.6 Å². The molecule has 0 fully saturated rings. The lowest BCUT2D eigenvalue weighted by molar-refractivity contribution is -0.385. The summed E-state index contributed by atoms with van der Waals surface area (Å²) < 4.78 is 5.30. The summed E-state index contributed by atoms with van der Waals surface area (Å²) >= 11 is 0. The summed E-state index contributed by atoms with van der Waals surface area (Å²) in [5.41, 5.74) is 10.7. The van der Waals surface area contributed by atoms with Crippen LogP contribution in [0, 0.1) is 10.1 Å². The van der Waals surface area contributed by atoms with E-state index in [2.05, 4.69) is 4.98 Å². The number of amides is 1. The van der Waals surface area contributed by atoms with Gasteiger partial charge >= 0.3 is 5.69 Å². The highest BCUT2D eigenvalue weighted by molar-refractivity contribution is 5.93. The number of anilines is 1. The number of carbonyl (C=O) groups excluding carboxylic acids is 1. The number of nitro groups is 1. The third kappa shape index (κ3) is 2.80. The van der Waals surface area contributed by atoms with Crippen molar-refractivity contribution in [3.63, 3.8) is 0 Å². The van der Waals surface area contributed by atoms with Crippen molar-refractivity contribution >= 4 is 17.3 Å². The highest BCUT2D eigenvalue weighted by atomic mass is 16.6. The number of benzene rings is 1. The SMILES string of the molecule is NC(=O)c1ccc(Oc2cc(N)ccn2)c([N+](=O)[O-])c1. The van der Waals surface area contributed by atoms with Gasteiger partial charge in [0, 0.05) is 29.6 Å². The smallest absolute Gasteiger partial charge is 0.312 e. The molecule has 8 nitrogen and oxygen atoms in total. The molecule has 102 valence electrons. The quantitative estimate of drug-likeness (QED) is 0.640. The van der Waals surface area contributed by atoms with Crippen LogP contribution in [0.2, 0.25) is 0 Å². The standard InChI is InChI=1S/C12H10N4O4/c13-8-3-4-15-11(6-8)20-10-2-1-7(12(14)17)5-9(10)16(18)19/h1-6H,(H2,13,15)(H2,14,17). The van der Waals surface area contributed by atoms with Gasteiger partial charge < -0.3 is 16.2 Å². The van der Waals surface area contributed by atoms with E-state index < -0.39 is 10.8 Å². The van der Waals surface area contributed by atoms with E-state index in [1.54, 1.807) is 6.07 Å². The molecule has 0 aliphatic heterocycles. The van der Waals surface area contributed by atoms with Gasteiger partial charge in [-0.05, 0) is 18.2 Å². The molecule has 0 unspecified atom stereocenters. The summed E-state index contributed by atoms with van der Waals surface area (Å²) in [6.45, 7) is 0. The lowest BCUT2D eigenvalue weighted by Crippen LogP contribution is -2.11. The topological polar surface area (TPSA) is 134 Å². The van der Waals surface area contributed by atoms with Crippen LogP contribution in [0.4, 0.5) is 11.4 Å². The first kappa shape index (κ1) is 13.3. The number of primary amides is 1. The largest absolute Gasteiger partial charge is 0.432 e. The van der Waals surface area contributed by atoms with Crippen molar-refractivity contribution in [2.45, 2.75) is 0 Å². The van der Waals surface area contributed by atoms with Crippen molar-refractivity contribution in [2.75, 3.05) is 5.73 Å². The number of hydrogen-bond donors (Lipinski definition) is 2. The van der Waals surface area contributed by atoms with Crippen molar-refractivity contribution in [1.29, 1.82) is 0 Å². The maximum absolute atomic E-state index is 11.0. The van der Waals surface area contributed by atoms with Crippen LogP contribution in [0.15, 0.2) is 36.5 Å². The summed E-state index contributed by atoms with van der Waals surface area (Å²) in [4.78, 5) is 25.2. The van der Waals surface area contributed by atoms with E-state index in [4.69, 9.17) is 16.2 Å². The van der Waals surface area contributed by atoms with Crippen LogP contribution < -0.4 is 16.2 Å². The molecule has 0 aliphatic rings. The Bertz CT molecular complexity index is 687.